The van der Waals surface area contributed by atoms with E-state index >= 15 is 0 Å². The van der Waals surface area contributed by atoms with Crippen molar-refractivity contribution in [3.8, 4) is 0 Å². The van der Waals surface area contributed by atoms with Gasteiger partial charge in [0.25, 0.3) is 5.69 Å². The second-order valence-electron chi connectivity index (χ2n) is 8.03. The molecule has 0 aliphatic heterocycles. The van der Waals surface area contributed by atoms with Gasteiger partial charge in [0.1, 0.15) is 5.78 Å². The molecule has 31 heavy (non-hydrogen) atoms. The van der Waals surface area contributed by atoms with Gasteiger partial charge in [-0.05, 0) is 50.6 Å². The molecule has 0 amide bonds. The number of aliphatic hydroxyl groups is 1. The fraction of sp³-hybridized carbons (Fsp3) is 0.304. The zero-order valence-corrected chi connectivity index (χ0v) is 19.0. The highest BCUT2D eigenvalue weighted by molar-refractivity contribution is 9.10. The molecule has 0 saturated carbocycles. The second kappa shape index (κ2) is 8.72. The number of Topliss-reactive ketones (excluding diaryl/α,β-unsaturated/α-hetero) is 2. The number of anilines is 1. The van der Waals surface area contributed by atoms with Crippen molar-refractivity contribution < 1.29 is 19.6 Å². The quantitative estimate of drug-likeness (QED) is 0.450. The van der Waals surface area contributed by atoms with Crippen LogP contribution in [0, 0.1) is 16.0 Å². The first-order valence-corrected chi connectivity index (χ1v) is 10.5. The molecular formula is C23H23BrN2O5. The normalized spacial score (nSPS) is 23.4. The standard InChI is InChI=1S/C23H23BrN2O5/c1-13(27)20-19(25-17-8-6-16(24)7-9-17)12-23(3,29)22(14(2)28)21(20)15-4-10-18(11-5-15)26(30)31/h4-11,21-22,25,29H,12H2,1-3H3/t21-,22-,23-/m0/s1. The highest BCUT2D eigenvalue weighted by Crippen LogP contribution is 2.48. The fourth-order valence-corrected chi connectivity index (χ4v) is 4.63. The summed E-state index contributed by atoms with van der Waals surface area (Å²) in [6.07, 6.45) is 0.0890. The summed E-state index contributed by atoms with van der Waals surface area (Å²) >= 11 is 3.38. The zero-order valence-electron chi connectivity index (χ0n) is 17.4. The molecule has 162 valence electrons. The largest absolute Gasteiger partial charge is 0.389 e. The van der Waals surface area contributed by atoms with Gasteiger partial charge in [-0.3, -0.25) is 19.7 Å². The van der Waals surface area contributed by atoms with Crippen LogP contribution in [0.15, 0.2) is 64.3 Å². The topological polar surface area (TPSA) is 110 Å². The van der Waals surface area contributed by atoms with E-state index in [1.165, 1.54) is 26.0 Å². The van der Waals surface area contributed by atoms with Crippen molar-refractivity contribution in [2.75, 3.05) is 5.32 Å². The molecule has 0 aromatic heterocycles. The minimum absolute atomic E-state index is 0.0890. The molecule has 0 heterocycles. The molecule has 0 unspecified atom stereocenters. The lowest BCUT2D eigenvalue weighted by Crippen LogP contribution is -2.48. The predicted octanol–water partition coefficient (Wildman–Crippen LogP) is 4.76. The lowest BCUT2D eigenvalue weighted by molar-refractivity contribution is -0.384. The summed E-state index contributed by atoms with van der Waals surface area (Å²) in [5, 5.41) is 25.5. The predicted molar refractivity (Wildman–Crippen MR) is 121 cm³/mol. The van der Waals surface area contributed by atoms with Crippen LogP contribution in [0.1, 0.15) is 38.7 Å². The molecule has 3 atom stereocenters. The second-order valence-corrected chi connectivity index (χ2v) is 8.94. The number of nitro groups is 1. The van der Waals surface area contributed by atoms with E-state index in [4.69, 9.17) is 0 Å². The summed E-state index contributed by atoms with van der Waals surface area (Å²) in [7, 11) is 0. The number of carbonyl (C=O) groups is 2. The maximum atomic E-state index is 12.8. The molecule has 1 aliphatic carbocycles. The summed E-state index contributed by atoms with van der Waals surface area (Å²) in [4.78, 5) is 35.9. The van der Waals surface area contributed by atoms with Crippen molar-refractivity contribution in [1.82, 2.24) is 0 Å². The van der Waals surface area contributed by atoms with Crippen LogP contribution in [0.4, 0.5) is 11.4 Å². The van der Waals surface area contributed by atoms with Crippen molar-refractivity contribution in [1.29, 1.82) is 0 Å². The molecule has 1 aliphatic rings. The van der Waals surface area contributed by atoms with Crippen LogP contribution < -0.4 is 5.32 Å². The van der Waals surface area contributed by atoms with E-state index in [-0.39, 0.29) is 23.7 Å². The number of rotatable bonds is 6. The first-order chi connectivity index (χ1) is 14.5. The van der Waals surface area contributed by atoms with E-state index in [1.807, 2.05) is 24.3 Å². The van der Waals surface area contributed by atoms with Gasteiger partial charge in [-0.1, -0.05) is 28.1 Å². The molecule has 0 spiro atoms. The Labute approximate surface area is 188 Å². The van der Waals surface area contributed by atoms with Gasteiger partial charge >= 0.3 is 0 Å². The maximum Gasteiger partial charge on any atom is 0.269 e. The molecule has 0 saturated heterocycles. The van der Waals surface area contributed by atoms with Crippen LogP contribution >= 0.6 is 15.9 Å². The Balaban J connectivity index is 2.19. The summed E-state index contributed by atoms with van der Waals surface area (Å²) in [5.41, 5.74) is 0.702. The van der Waals surface area contributed by atoms with Crippen molar-refractivity contribution in [3.63, 3.8) is 0 Å². The number of non-ortho nitro benzene ring substituents is 1. The number of hydrogen-bond donors (Lipinski definition) is 2. The molecule has 2 aromatic rings. The van der Waals surface area contributed by atoms with Crippen LogP contribution in [-0.2, 0) is 9.59 Å². The number of nitro benzene ring substituents is 1. The maximum absolute atomic E-state index is 12.8. The van der Waals surface area contributed by atoms with Crippen LogP contribution in [-0.4, -0.2) is 27.2 Å². The summed E-state index contributed by atoms with van der Waals surface area (Å²) in [5.74, 6) is -2.10. The number of nitrogens with one attached hydrogen (secondary N) is 1. The van der Waals surface area contributed by atoms with E-state index in [0.717, 1.165) is 10.2 Å². The summed E-state index contributed by atoms with van der Waals surface area (Å²) < 4.78 is 0.898. The van der Waals surface area contributed by atoms with Gasteiger partial charge in [-0.15, -0.1) is 0 Å². The highest BCUT2D eigenvalue weighted by Gasteiger charge is 2.49. The third-order valence-electron chi connectivity index (χ3n) is 5.59. The lowest BCUT2D eigenvalue weighted by Gasteiger charge is -2.43. The van der Waals surface area contributed by atoms with Gasteiger partial charge in [0.05, 0.1) is 16.4 Å². The Morgan fingerprint density at radius 2 is 1.71 bits per heavy atom. The third kappa shape index (κ3) is 4.75. The Hall–Kier alpha value is -2.84. The van der Waals surface area contributed by atoms with Crippen LogP contribution in [0.2, 0.25) is 0 Å². The van der Waals surface area contributed by atoms with Crippen molar-refractivity contribution >= 4 is 38.9 Å². The third-order valence-corrected chi connectivity index (χ3v) is 6.12. The van der Waals surface area contributed by atoms with Crippen molar-refractivity contribution in [2.45, 2.75) is 38.7 Å². The Kier molecular flexibility index (Phi) is 6.43. The molecule has 0 radical (unpaired) electrons. The van der Waals surface area contributed by atoms with Gasteiger partial charge in [0.15, 0.2) is 5.78 Å². The molecule has 2 N–H and O–H groups in total. The highest BCUT2D eigenvalue weighted by atomic mass is 79.9. The number of benzene rings is 2. The van der Waals surface area contributed by atoms with Crippen LogP contribution in [0.3, 0.4) is 0 Å². The van der Waals surface area contributed by atoms with E-state index < -0.39 is 22.4 Å². The summed E-state index contributed by atoms with van der Waals surface area (Å²) in [6.45, 7) is 4.40. The molecule has 3 rings (SSSR count). The Morgan fingerprint density at radius 3 is 2.19 bits per heavy atom. The fourth-order valence-electron chi connectivity index (χ4n) is 4.36. The molecule has 8 heteroatoms. The number of allylic oxidation sites excluding steroid dienone is 1. The van der Waals surface area contributed by atoms with E-state index in [9.17, 15) is 24.8 Å². The average Bonchev–Trinajstić information content (AvgIpc) is 2.68. The van der Waals surface area contributed by atoms with Gasteiger partial charge < -0.3 is 10.4 Å². The van der Waals surface area contributed by atoms with Gasteiger partial charge in [-0.2, -0.15) is 0 Å². The first-order valence-electron chi connectivity index (χ1n) is 9.75. The number of halogens is 1. The molecule has 7 nitrogen and oxygen atoms in total. The van der Waals surface area contributed by atoms with E-state index in [2.05, 4.69) is 21.2 Å². The van der Waals surface area contributed by atoms with Crippen molar-refractivity contribution in [3.05, 3.63) is 80.0 Å². The number of carbonyl (C=O) groups excluding carboxylic acids is 2. The molecule has 2 aromatic carbocycles. The van der Waals surface area contributed by atoms with Crippen LogP contribution in [0.5, 0.6) is 0 Å². The SMILES string of the molecule is CC(=O)C1=C(Nc2ccc(Br)cc2)C[C@](C)(O)[C@@H](C(C)=O)[C@H]1c1ccc([N+](=O)[O-])cc1. The minimum atomic E-state index is -1.42. The smallest absolute Gasteiger partial charge is 0.269 e. The van der Waals surface area contributed by atoms with Gasteiger partial charge in [-0.25, -0.2) is 0 Å². The molecule has 0 bridgehead atoms. The lowest BCUT2D eigenvalue weighted by atomic mass is 9.64. The summed E-state index contributed by atoms with van der Waals surface area (Å²) in [6, 6.07) is 13.1. The zero-order chi connectivity index (χ0) is 22.9. The van der Waals surface area contributed by atoms with E-state index in [1.54, 1.807) is 19.1 Å². The Morgan fingerprint density at radius 1 is 1.13 bits per heavy atom. The van der Waals surface area contributed by atoms with Crippen molar-refractivity contribution in [2.24, 2.45) is 5.92 Å². The van der Waals surface area contributed by atoms with E-state index in [0.29, 0.717) is 16.8 Å². The number of nitrogens with zero attached hydrogens (tertiary/aromatic N) is 1. The Bertz CT molecular complexity index is 1060. The number of ketones is 2. The average molecular weight is 487 g/mol. The van der Waals surface area contributed by atoms with Crippen LogP contribution in [0.25, 0.3) is 0 Å². The number of hydrogen-bond acceptors (Lipinski definition) is 6. The molecular weight excluding hydrogens is 464 g/mol. The minimum Gasteiger partial charge on any atom is -0.389 e. The van der Waals surface area contributed by atoms with Gasteiger partial charge in [0.2, 0.25) is 0 Å². The molecule has 0 fully saturated rings. The monoisotopic (exact) mass is 486 g/mol. The first kappa shape index (κ1) is 22.8. The van der Waals surface area contributed by atoms with Gasteiger partial charge in [0, 0.05) is 45.9 Å².